The molecular formula is C18H14F2N2O2. The molecule has 0 N–H and O–H groups in total. The van der Waals surface area contributed by atoms with Gasteiger partial charge >= 0.3 is 5.97 Å². The smallest absolute Gasteiger partial charge is 0.337 e. The van der Waals surface area contributed by atoms with E-state index >= 15 is 0 Å². The number of carbonyl (C=O) groups excluding carboxylic acids is 1. The van der Waals surface area contributed by atoms with Crippen LogP contribution in [0.1, 0.15) is 15.9 Å². The van der Waals surface area contributed by atoms with Crippen molar-refractivity contribution in [3.05, 3.63) is 77.6 Å². The Bertz CT molecular complexity index is 890. The summed E-state index contributed by atoms with van der Waals surface area (Å²) in [6.45, 7) is 0.430. The number of methoxy groups -OCH3 is 1. The second-order valence-electron chi connectivity index (χ2n) is 5.20. The van der Waals surface area contributed by atoms with Crippen molar-refractivity contribution in [2.24, 2.45) is 0 Å². The molecular weight excluding hydrogens is 314 g/mol. The number of carbonyl (C=O) groups is 1. The Morgan fingerprint density at radius 3 is 2.75 bits per heavy atom. The van der Waals surface area contributed by atoms with Gasteiger partial charge in [-0.3, -0.25) is 0 Å². The van der Waals surface area contributed by atoms with Crippen LogP contribution in [-0.4, -0.2) is 22.6 Å². The maximum Gasteiger partial charge on any atom is 0.337 e. The van der Waals surface area contributed by atoms with Gasteiger partial charge < -0.3 is 9.30 Å². The molecule has 3 aromatic rings. The van der Waals surface area contributed by atoms with Crippen LogP contribution in [0.15, 0.2) is 54.9 Å². The van der Waals surface area contributed by atoms with Crippen molar-refractivity contribution < 1.29 is 18.3 Å². The molecule has 0 unspecified atom stereocenters. The lowest BCUT2D eigenvalue weighted by atomic mass is 10.1. The van der Waals surface area contributed by atoms with E-state index in [0.29, 0.717) is 23.5 Å². The second kappa shape index (κ2) is 6.62. The second-order valence-corrected chi connectivity index (χ2v) is 5.20. The van der Waals surface area contributed by atoms with Gasteiger partial charge in [0, 0.05) is 24.5 Å². The van der Waals surface area contributed by atoms with Gasteiger partial charge in [0.15, 0.2) is 11.6 Å². The van der Waals surface area contributed by atoms with E-state index in [4.69, 9.17) is 4.74 Å². The molecule has 0 aliphatic rings. The summed E-state index contributed by atoms with van der Waals surface area (Å²) in [5.74, 6) is -1.72. The van der Waals surface area contributed by atoms with Crippen LogP contribution in [0.5, 0.6) is 0 Å². The molecule has 0 aliphatic carbocycles. The highest BCUT2D eigenvalue weighted by molar-refractivity contribution is 5.89. The van der Waals surface area contributed by atoms with Gasteiger partial charge in [0.25, 0.3) is 0 Å². The molecule has 6 heteroatoms. The number of nitrogens with zero attached hydrogens (tertiary/aromatic N) is 2. The predicted molar refractivity (Wildman–Crippen MR) is 84.5 cm³/mol. The third kappa shape index (κ3) is 3.17. The lowest BCUT2D eigenvalue weighted by Crippen LogP contribution is -2.05. The summed E-state index contributed by atoms with van der Waals surface area (Å²) in [7, 11) is 1.33. The molecule has 0 radical (unpaired) electrons. The molecule has 122 valence electrons. The van der Waals surface area contributed by atoms with Crippen molar-refractivity contribution in [3.63, 3.8) is 0 Å². The summed E-state index contributed by atoms with van der Waals surface area (Å²) in [6.07, 6.45) is 3.32. The average Bonchev–Trinajstić information content (AvgIpc) is 3.05. The fourth-order valence-electron chi connectivity index (χ4n) is 2.44. The number of ether oxygens (including phenoxy) is 1. The molecule has 2 aromatic carbocycles. The molecule has 0 amide bonds. The number of esters is 1. The molecule has 0 saturated heterocycles. The van der Waals surface area contributed by atoms with E-state index < -0.39 is 17.6 Å². The van der Waals surface area contributed by atoms with E-state index in [2.05, 4.69) is 4.98 Å². The van der Waals surface area contributed by atoms with Gasteiger partial charge in [-0.15, -0.1) is 0 Å². The van der Waals surface area contributed by atoms with Gasteiger partial charge in [-0.2, -0.15) is 0 Å². The van der Waals surface area contributed by atoms with Crippen LogP contribution in [0, 0.1) is 11.6 Å². The van der Waals surface area contributed by atoms with Crippen LogP contribution in [-0.2, 0) is 11.3 Å². The molecule has 3 rings (SSSR count). The Kier molecular flexibility index (Phi) is 4.37. The van der Waals surface area contributed by atoms with Crippen LogP contribution in [0.3, 0.4) is 0 Å². The molecule has 0 aliphatic heterocycles. The molecule has 4 nitrogen and oxygen atoms in total. The minimum atomic E-state index is -0.922. The van der Waals surface area contributed by atoms with E-state index in [9.17, 15) is 13.6 Å². The maximum absolute atomic E-state index is 13.4. The Balaban J connectivity index is 1.91. The number of imidazole rings is 1. The molecule has 0 spiro atoms. The largest absolute Gasteiger partial charge is 0.465 e. The van der Waals surface area contributed by atoms with E-state index in [1.54, 1.807) is 35.2 Å². The minimum absolute atomic E-state index is 0.414. The van der Waals surface area contributed by atoms with Gasteiger partial charge in [-0.05, 0) is 35.9 Å². The molecule has 0 saturated carbocycles. The summed E-state index contributed by atoms with van der Waals surface area (Å²) in [6, 6.07) is 10.7. The predicted octanol–water partition coefficient (Wildman–Crippen LogP) is 3.66. The van der Waals surface area contributed by atoms with E-state index in [1.165, 1.54) is 13.2 Å². The fourth-order valence-corrected chi connectivity index (χ4v) is 2.44. The van der Waals surface area contributed by atoms with Crippen molar-refractivity contribution in [1.29, 1.82) is 0 Å². The lowest BCUT2D eigenvalue weighted by Gasteiger charge is -2.09. The first-order valence-corrected chi connectivity index (χ1v) is 7.22. The van der Waals surface area contributed by atoms with Crippen molar-refractivity contribution >= 4 is 5.97 Å². The third-order valence-electron chi connectivity index (χ3n) is 3.59. The van der Waals surface area contributed by atoms with E-state index in [-0.39, 0.29) is 0 Å². The van der Waals surface area contributed by atoms with Crippen LogP contribution >= 0.6 is 0 Å². The van der Waals surface area contributed by atoms with Gasteiger partial charge in [0.1, 0.15) is 5.82 Å². The summed E-state index contributed by atoms with van der Waals surface area (Å²) in [5.41, 5.74) is 1.78. The molecule has 1 aromatic heterocycles. The minimum Gasteiger partial charge on any atom is -0.465 e. The molecule has 1 heterocycles. The summed E-state index contributed by atoms with van der Waals surface area (Å²) >= 11 is 0. The fraction of sp³-hybridized carbons (Fsp3) is 0.111. The molecule has 0 fully saturated rings. The average molecular weight is 328 g/mol. The van der Waals surface area contributed by atoms with Gasteiger partial charge in [0.05, 0.1) is 12.7 Å². The summed E-state index contributed by atoms with van der Waals surface area (Å²) in [4.78, 5) is 15.8. The Hall–Kier alpha value is -3.02. The number of halogens is 2. The zero-order valence-corrected chi connectivity index (χ0v) is 12.9. The topological polar surface area (TPSA) is 44.1 Å². The zero-order valence-electron chi connectivity index (χ0n) is 12.9. The summed E-state index contributed by atoms with van der Waals surface area (Å²) in [5, 5.41) is 0. The van der Waals surface area contributed by atoms with Crippen LogP contribution in [0.4, 0.5) is 8.78 Å². The standard InChI is InChI=1S/C18H14F2N2O2/c1-24-18(23)14-4-2-3-12(9-14)11-22-8-7-21-17(22)13-5-6-15(19)16(20)10-13/h2-10H,11H2,1H3. The van der Waals surface area contributed by atoms with Crippen LogP contribution in [0.25, 0.3) is 11.4 Å². The maximum atomic E-state index is 13.4. The summed E-state index contributed by atoms with van der Waals surface area (Å²) < 4.78 is 33.0. The van der Waals surface area contributed by atoms with Crippen molar-refractivity contribution in [2.45, 2.75) is 6.54 Å². The highest BCUT2D eigenvalue weighted by Gasteiger charge is 2.11. The van der Waals surface area contributed by atoms with Crippen LogP contribution < -0.4 is 0 Å². The Labute approximate surface area is 137 Å². The van der Waals surface area contributed by atoms with Crippen molar-refractivity contribution in [1.82, 2.24) is 9.55 Å². The first-order valence-electron chi connectivity index (χ1n) is 7.22. The quantitative estimate of drug-likeness (QED) is 0.687. The molecule has 24 heavy (non-hydrogen) atoms. The number of hydrogen-bond acceptors (Lipinski definition) is 3. The number of hydrogen-bond donors (Lipinski definition) is 0. The Morgan fingerprint density at radius 2 is 2.00 bits per heavy atom. The number of rotatable bonds is 4. The van der Waals surface area contributed by atoms with Gasteiger partial charge in [-0.1, -0.05) is 12.1 Å². The first kappa shape index (κ1) is 15.9. The van der Waals surface area contributed by atoms with Gasteiger partial charge in [0.2, 0.25) is 0 Å². The highest BCUT2D eigenvalue weighted by atomic mass is 19.2. The highest BCUT2D eigenvalue weighted by Crippen LogP contribution is 2.21. The molecule has 0 bridgehead atoms. The molecule has 0 atom stereocenters. The van der Waals surface area contributed by atoms with Crippen molar-refractivity contribution in [3.8, 4) is 11.4 Å². The lowest BCUT2D eigenvalue weighted by molar-refractivity contribution is 0.0600. The third-order valence-corrected chi connectivity index (χ3v) is 3.59. The monoisotopic (exact) mass is 328 g/mol. The van der Waals surface area contributed by atoms with Crippen molar-refractivity contribution in [2.75, 3.05) is 7.11 Å². The Morgan fingerprint density at radius 1 is 1.17 bits per heavy atom. The number of benzene rings is 2. The first-order chi connectivity index (χ1) is 11.6. The SMILES string of the molecule is COC(=O)c1cccc(Cn2ccnc2-c2ccc(F)c(F)c2)c1. The number of aromatic nitrogens is 2. The van der Waals surface area contributed by atoms with E-state index in [1.807, 2.05) is 6.07 Å². The van der Waals surface area contributed by atoms with Gasteiger partial charge in [-0.25, -0.2) is 18.6 Å². The van der Waals surface area contributed by atoms with Crippen LogP contribution in [0.2, 0.25) is 0 Å². The van der Waals surface area contributed by atoms with E-state index in [0.717, 1.165) is 17.7 Å². The normalized spacial score (nSPS) is 10.6. The zero-order chi connectivity index (χ0) is 17.1.